The van der Waals surface area contributed by atoms with Gasteiger partial charge in [0.2, 0.25) is 23.5 Å². The maximum atomic E-state index is 14.6. The van der Waals surface area contributed by atoms with Crippen LogP contribution in [0.4, 0.5) is 0 Å². The first-order valence-corrected chi connectivity index (χ1v) is 18.2. The predicted molar refractivity (Wildman–Crippen MR) is 181 cm³/mol. The number of aromatic nitrogens is 2. The van der Waals surface area contributed by atoms with Crippen molar-refractivity contribution in [1.29, 1.82) is 0 Å². The van der Waals surface area contributed by atoms with Gasteiger partial charge in [-0.1, -0.05) is 59.8 Å². The number of hydrogen-bond acceptors (Lipinski definition) is 8. The van der Waals surface area contributed by atoms with Crippen molar-refractivity contribution in [2.24, 2.45) is 23.2 Å². The third-order valence-corrected chi connectivity index (χ3v) is 10.7. The van der Waals surface area contributed by atoms with Crippen LogP contribution in [-0.2, 0) is 24.0 Å². The number of ketones is 1. The second-order valence-electron chi connectivity index (χ2n) is 15.5. The van der Waals surface area contributed by atoms with Crippen LogP contribution in [0.2, 0.25) is 0 Å². The van der Waals surface area contributed by atoms with Gasteiger partial charge < -0.3 is 26.2 Å². The number of hydrogen-bond donors (Lipinski definition) is 4. The van der Waals surface area contributed by atoms with E-state index in [-0.39, 0.29) is 35.4 Å². The minimum absolute atomic E-state index is 0.0132. The molecule has 3 aliphatic carbocycles. The molecule has 13 heteroatoms. The summed E-state index contributed by atoms with van der Waals surface area (Å²) >= 11 is 0. The van der Waals surface area contributed by atoms with Crippen LogP contribution in [-0.4, -0.2) is 86.9 Å². The Bertz CT molecular complexity index is 1390. The normalized spacial score (nSPS) is 24.2. The molecule has 0 spiro atoms. The molecule has 49 heavy (non-hydrogen) atoms. The predicted octanol–water partition coefficient (Wildman–Crippen LogP) is 2.45. The van der Waals surface area contributed by atoms with Crippen LogP contribution in [0.3, 0.4) is 0 Å². The molecule has 268 valence electrons. The average Bonchev–Trinajstić information content (AvgIpc) is 3.65. The summed E-state index contributed by atoms with van der Waals surface area (Å²) in [5.74, 6) is -3.20. The Hall–Kier alpha value is -3.90. The number of rotatable bonds is 13. The molecule has 0 bridgehead atoms. The fourth-order valence-electron chi connectivity index (χ4n) is 7.87. The molecule has 1 aromatic heterocycles. The number of Topliss-reactive ketones (excluding diaryl/α,β-unsaturated/α-hetero) is 1. The van der Waals surface area contributed by atoms with E-state index < -0.39 is 59.0 Å². The van der Waals surface area contributed by atoms with Crippen LogP contribution in [0.5, 0.6) is 0 Å². The average molecular weight is 680 g/mol. The third-order valence-electron chi connectivity index (χ3n) is 10.7. The highest BCUT2D eigenvalue weighted by Gasteiger charge is 2.52. The van der Waals surface area contributed by atoms with Crippen molar-refractivity contribution in [2.45, 2.75) is 135 Å². The number of nitrogens with one attached hydrogen (secondary N) is 4. The van der Waals surface area contributed by atoms with Crippen LogP contribution >= 0.6 is 0 Å². The van der Waals surface area contributed by atoms with Crippen molar-refractivity contribution in [3.05, 3.63) is 24.3 Å². The zero-order chi connectivity index (χ0) is 35.3. The topological polar surface area (TPSA) is 180 Å². The molecule has 2 heterocycles. The second-order valence-corrected chi connectivity index (χ2v) is 15.5. The molecule has 5 rings (SSSR count). The van der Waals surface area contributed by atoms with Gasteiger partial charge >= 0.3 is 0 Å². The van der Waals surface area contributed by atoms with E-state index in [0.717, 1.165) is 64.2 Å². The first-order chi connectivity index (χ1) is 23.4. The van der Waals surface area contributed by atoms with Gasteiger partial charge in [-0.3, -0.25) is 33.8 Å². The summed E-state index contributed by atoms with van der Waals surface area (Å²) in [7, 11) is 0. The lowest BCUT2D eigenvalue weighted by molar-refractivity contribution is -0.146. The van der Waals surface area contributed by atoms with Gasteiger partial charge in [0, 0.05) is 25.0 Å². The zero-order valence-corrected chi connectivity index (χ0v) is 29.3. The Balaban J connectivity index is 1.36. The number of fused-ring (bicyclic) bond motifs is 1. The molecular formula is C36H53N7O6. The van der Waals surface area contributed by atoms with Crippen LogP contribution in [0, 0.1) is 23.2 Å². The molecule has 4 aliphatic rings. The van der Waals surface area contributed by atoms with Gasteiger partial charge in [0.05, 0.1) is 12.2 Å². The molecule has 4 fully saturated rings. The molecule has 1 aromatic rings. The van der Waals surface area contributed by atoms with E-state index in [1.54, 1.807) is 4.90 Å². The van der Waals surface area contributed by atoms with Gasteiger partial charge in [-0.15, -0.1) is 0 Å². The maximum Gasteiger partial charge on any atom is 0.289 e. The Morgan fingerprint density at radius 2 is 1.63 bits per heavy atom. The maximum absolute atomic E-state index is 14.6. The lowest BCUT2D eigenvalue weighted by Crippen LogP contribution is -2.62. The summed E-state index contributed by atoms with van der Waals surface area (Å²) in [4.78, 5) is 91.4. The van der Waals surface area contributed by atoms with Crippen molar-refractivity contribution in [3.63, 3.8) is 0 Å². The van der Waals surface area contributed by atoms with E-state index in [1.807, 2.05) is 27.7 Å². The summed E-state index contributed by atoms with van der Waals surface area (Å²) in [5.41, 5.74) is -0.638. The zero-order valence-electron chi connectivity index (χ0n) is 29.3. The Labute approximate surface area is 288 Å². The first-order valence-electron chi connectivity index (χ1n) is 18.2. The van der Waals surface area contributed by atoms with E-state index in [2.05, 4.69) is 31.2 Å². The molecular weight excluding hydrogens is 626 g/mol. The van der Waals surface area contributed by atoms with E-state index in [9.17, 15) is 28.8 Å². The highest BCUT2D eigenvalue weighted by Crippen LogP contribution is 2.43. The van der Waals surface area contributed by atoms with E-state index >= 15 is 0 Å². The number of likely N-dealkylation sites (tertiary alicyclic amines) is 1. The van der Waals surface area contributed by atoms with E-state index in [4.69, 9.17) is 0 Å². The van der Waals surface area contributed by atoms with Crippen molar-refractivity contribution < 1.29 is 28.8 Å². The molecule has 0 radical (unpaired) electrons. The van der Waals surface area contributed by atoms with Gasteiger partial charge in [-0.05, 0) is 68.1 Å². The second kappa shape index (κ2) is 15.8. The Morgan fingerprint density at radius 1 is 0.898 bits per heavy atom. The number of carbonyl (C=O) groups is 6. The molecule has 1 saturated heterocycles. The molecule has 1 aliphatic heterocycles. The highest BCUT2D eigenvalue weighted by atomic mass is 16.2. The van der Waals surface area contributed by atoms with Crippen molar-refractivity contribution in [2.75, 3.05) is 6.54 Å². The fraction of sp³-hybridized carbons (Fsp3) is 0.722. The summed E-state index contributed by atoms with van der Waals surface area (Å²) in [6.07, 6.45) is 13.9. The monoisotopic (exact) mass is 679 g/mol. The van der Waals surface area contributed by atoms with Gasteiger partial charge in [-0.2, -0.15) is 0 Å². The Morgan fingerprint density at radius 3 is 2.27 bits per heavy atom. The quantitative estimate of drug-likeness (QED) is 0.230. The lowest BCUT2D eigenvalue weighted by Gasteiger charge is -2.38. The first kappa shape index (κ1) is 36.4. The molecule has 3 saturated carbocycles. The number of nitrogens with zero attached hydrogens (tertiary/aromatic N) is 3. The minimum Gasteiger partial charge on any atom is -0.347 e. The molecule has 5 amide bonds. The van der Waals surface area contributed by atoms with Crippen LogP contribution in [0.15, 0.2) is 18.6 Å². The molecule has 4 N–H and O–H groups in total. The number of carbonyl (C=O) groups excluding carboxylic acids is 6. The molecule has 0 aromatic carbocycles. The smallest absolute Gasteiger partial charge is 0.289 e. The van der Waals surface area contributed by atoms with Gasteiger partial charge in [-0.25, -0.2) is 4.98 Å². The highest BCUT2D eigenvalue weighted by molar-refractivity contribution is 6.38. The van der Waals surface area contributed by atoms with Gasteiger partial charge in [0.1, 0.15) is 23.8 Å². The van der Waals surface area contributed by atoms with Gasteiger partial charge in [0.25, 0.3) is 11.8 Å². The summed E-state index contributed by atoms with van der Waals surface area (Å²) < 4.78 is 0. The lowest BCUT2D eigenvalue weighted by atomic mass is 9.82. The van der Waals surface area contributed by atoms with Crippen molar-refractivity contribution in [1.82, 2.24) is 36.1 Å². The third kappa shape index (κ3) is 8.83. The summed E-state index contributed by atoms with van der Waals surface area (Å²) in [6, 6.07) is -3.68. The summed E-state index contributed by atoms with van der Waals surface area (Å²) in [6.45, 7) is 7.85. The minimum atomic E-state index is -0.994. The van der Waals surface area contributed by atoms with E-state index in [0.29, 0.717) is 19.4 Å². The fourth-order valence-corrected chi connectivity index (χ4v) is 7.87. The number of amides is 5. The van der Waals surface area contributed by atoms with E-state index in [1.165, 1.54) is 18.6 Å². The van der Waals surface area contributed by atoms with Crippen molar-refractivity contribution in [3.8, 4) is 0 Å². The largest absolute Gasteiger partial charge is 0.347 e. The van der Waals surface area contributed by atoms with Crippen LogP contribution in [0.1, 0.15) is 115 Å². The van der Waals surface area contributed by atoms with Crippen molar-refractivity contribution >= 4 is 35.3 Å². The molecule has 2 unspecified atom stereocenters. The standard InChI is InChI=1S/C36H53N7O6/c1-5-10-25(29(44)34(48)39-23-15-16-23)40-33(47)28-24-14-9-13-22(24)20-43(28)35(49)30(36(2,3)4)42-32(46)27(21-11-7-6-8-12-21)41-31(45)26-19-37-17-18-38-26/h17-19,21-25,27-28,30H,5-16,20H2,1-4H3,(H,39,48)(H,40,47)(H,41,45)(H,42,46)/t22?,24?,25-,27-,28-,30-/m0/s1. The van der Waals surface area contributed by atoms with Crippen LogP contribution < -0.4 is 21.3 Å². The SMILES string of the molecule is CCC[C@H](NC(=O)[C@@H]1C2CCCC2CN1C(=O)[C@H](NC(=O)[C@@H](NC(=O)c1cnccn1)C1CCCCC1)C(C)(C)C)C(=O)C(=O)NC1CC1. The Kier molecular flexibility index (Phi) is 11.7. The summed E-state index contributed by atoms with van der Waals surface area (Å²) in [5, 5.41) is 11.5. The van der Waals surface area contributed by atoms with Crippen LogP contribution in [0.25, 0.3) is 0 Å². The molecule has 6 atom stereocenters. The molecule has 13 nitrogen and oxygen atoms in total. The van der Waals surface area contributed by atoms with Gasteiger partial charge in [0.15, 0.2) is 0 Å².